The minimum atomic E-state index is -0.858. The van der Waals surface area contributed by atoms with E-state index in [9.17, 15) is 8.78 Å². The number of benzene rings is 1. The van der Waals surface area contributed by atoms with Crippen molar-refractivity contribution in [2.45, 2.75) is 13.8 Å². The number of halogens is 2. The largest absolute Gasteiger partial charge is 0.250 e. The Morgan fingerprint density at radius 2 is 1.79 bits per heavy atom. The average Bonchev–Trinajstić information content (AvgIpc) is 2.16. The van der Waals surface area contributed by atoms with Crippen molar-refractivity contribution in [3.63, 3.8) is 0 Å². The topological polar surface area (TPSA) is 12.9 Å². The van der Waals surface area contributed by atoms with Crippen molar-refractivity contribution in [3.8, 4) is 0 Å². The molecule has 1 aromatic heterocycles. The first-order valence-electron chi connectivity index (χ1n) is 4.31. The van der Waals surface area contributed by atoms with E-state index in [0.717, 1.165) is 5.56 Å². The molecule has 72 valence electrons. The summed E-state index contributed by atoms with van der Waals surface area (Å²) in [5, 5.41) is 0.244. The third-order valence-corrected chi connectivity index (χ3v) is 2.19. The number of hydrogen-bond donors (Lipinski definition) is 0. The summed E-state index contributed by atoms with van der Waals surface area (Å²) < 4.78 is 26.6. The molecular weight excluding hydrogens is 184 g/mol. The maximum absolute atomic E-state index is 13.4. The van der Waals surface area contributed by atoms with Crippen molar-refractivity contribution in [2.24, 2.45) is 0 Å². The van der Waals surface area contributed by atoms with Crippen LogP contribution in [0, 0.1) is 25.5 Å². The van der Waals surface area contributed by atoms with Gasteiger partial charge in [-0.25, -0.2) is 13.8 Å². The molecule has 2 aromatic rings. The van der Waals surface area contributed by atoms with Crippen molar-refractivity contribution in [1.29, 1.82) is 0 Å². The molecular formula is C11H9F2N. The molecule has 0 fully saturated rings. The molecule has 0 aliphatic heterocycles. The van der Waals surface area contributed by atoms with Crippen LogP contribution in [0.2, 0.25) is 0 Å². The van der Waals surface area contributed by atoms with Gasteiger partial charge >= 0.3 is 0 Å². The van der Waals surface area contributed by atoms with Crippen LogP contribution >= 0.6 is 0 Å². The highest BCUT2D eigenvalue weighted by Gasteiger charge is 2.11. The van der Waals surface area contributed by atoms with E-state index in [1.807, 2.05) is 13.0 Å². The van der Waals surface area contributed by atoms with Gasteiger partial charge in [-0.05, 0) is 26.0 Å². The summed E-state index contributed by atoms with van der Waals surface area (Å²) in [5.41, 5.74) is 1.48. The van der Waals surface area contributed by atoms with Gasteiger partial charge in [0.2, 0.25) is 0 Å². The van der Waals surface area contributed by atoms with Crippen molar-refractivity contribution < 1.29 is 8.78 Å². The number of hydrogen-bond acceptors (Lipinski definition) is 1. The molecule has 14 heavy (non-hydrogen) atoms. The SMILES string of the molecule is Cc1ccc2nc(C)c(F)c(F)c2c1. The molecule has 0 aliphatic carbocycles. The summed E-state index contributed by atoms with van der Waals surface area (Å²) in [6.07, 6.45) is 0. The highest BCUT2D eigenvalue weighted by molar-refractivity contribution is 5.80. The lowest BCUT2D eigenvalue weighted by atomic mass is 10.1. The molecule has 0 aliphatic rings. The third kappa shape index (κ3) is 1.25. The highest BCUT2D eigenvalue weighted by atomic mass is 19.2. The van der Waals surface area contributed by atoms with Gasteiger partial charge < -0.3 is 0 Å². The maximum atomic E-state index is 13.4. The van der Waals surface area contributed by atoms with Crippen molar-refractivity contribution >= 4 is 10.9 Å². The first-order valence-corrected chi connectivity index (χ1v) is 4.31. The van der Waals surface area contributed by atoms with Gasteiger partial charge in [0.05, 0.1) is 11.2 Å². The van der Waals surface area contributed by atoms with E-state index in [1.54, 1.807) is 12.1 Å². The van der Waals surface area contributed by atoms with Crippen molar-refractivity contribution in [2.75, 3.05) is 0 Å². The zero-order chi connectivity index (χ0) is 10.3. The smallest absolute Gasteiger partial charge is 0.180 e. The Morgan fingerprint density at radius 1 is 1.07 bits per heavy atom. The molecule has 0 N–H and O–H groups in total. The van der Waals surface area contributed by atoms with Crippen LogP contribution in [0.3, 0.4) is 0 Å². The number of aromatic nitrogens is 1. The normalized spacial score (nSPS) is 10.9. The van der Waals surface area contributed by atoms with Gasteiger partial charge in [-0.3, -0.25) is 0 Å². The van der Waals surface area contributed by atoms with Gasteiger partial charge in [0.1, 0.15) is 0 Å². The Kier molecular flexibility index (Phi) is 1.95. The lowest BCUT2D eigenvalue weighted by Gasteiger charge is -2.03. The lowest BCUT2D eigenvalue weighted by molar-refractivity contribution is 0.506. The van der Waals surface area contributed by atoms with E-state index in [0.29, 0.717) is 5.52 Å². The molecule has 0 saturated heterocycles. The van der Waals surface area contributed by atoms with E-state index in [2.05, 4.69) is 4.98 Å². The van der Waals surface area contributed by atoms with Gasteiger partial charge in [0, 0.05) is 5.39 Å². The van der Waals surface area contributed by atoms with Gasteiger partial charge in [0.15, 0.2) is 11.6 Å². The summed E-state index contributed by atoms with van der Waals surface area (Å²) in [4.78, 5) is 3.96. The Morgan fingerprint density at radius 3 is 2.50 bits per heavy atom. The molecule has 2 rings (SSSR count). The van der Waals surface area contributed by atoms with E-state index >= 15 is 0 Å². The standard InChI is InChI=1S/C11H9F2N/c1-6-3-4-9-8(5-6)11(13)10(12)7(2)14-9/h3-5H,1-2H3. The fourth-order valence-corrected chi connectivity index (χ4v) is 1.43. The summed E-state index contributed by atoms with van der Waals surface area (Å²) in [7, 11) is 0. The van der Waals surface area contributed by atoms with E-state index in [-0.39, 0.29) is 11.1 Å². The van der Waals surface area contributed by atoms with Crippen LogP contribution in [-0.2, 0) is 0 Å². The quantitative estimate of drug-likeness (QED) is 0.626. The molecule has 1 heterocycles. The molecule has 1 aromatic carbocycles. The summed E-state index contributed by atoms with van der Waals surface area (Å²) in [6, 6.07) is 5.12. The predicted molar refractivity (Wildman–Crippen MR) is 51.1 cm³/mol. The van der Waals surface area contributed by atoms with Crippen molar-refractivity contribution in [3.05, 3.63) is 41.1 Å². The fourth-order valence-electron chi connectivity index (χ4n) is 1.43. The van der Waals surface area contributed by atoms with E-state index in [4.69, 9.17) is 0 Å². The maximum Gasteiger partial charge on any atom is 0.180 e. The molecule has 0 saturated carbocycles. The van der Waals surface area contributed by atoms with Gasteiger partial charge in [-0.15, -0.1) is 0 Å². The first-order chi connectivity index (χ1) is 6.59. The summed E-state index contributed by atoms with van der Waals surface area (Å²) >= 11 is 0. The van der Waals surface area contributed by atoms with Crippen LogP contribution in [0.1, 0.15) is 11.3 Å². The zero-order valence-corrected chi connectivity index (χ0v) is 7.94. The van der Waals surface area contributed by atoms with Gasteiger partial charge in [0.25, 0.3) is 0 Å². The summed E-state index contributed by atoms with van der Waals surface area (Å²) in [5.74, 6) is -1.67. The van der Waals surface area contributed by atoms with E-state index in [1.165, 1.54) is 6.92 Å². The van der Waals surface area contributed by atoms with Crippen molar-refractivity contribution in [1.82, 2.24) is 4.98 Å². The second-order valence-corrected chi connectivity index (χ2v) is 3.35. The Balaban J connectivity index is 2.92. The van der Waals surface area contributed by atoms with Gasteiger partial charge in [-0.2, -0.15) is 0 Å². The molecule has 0 radical (unpaired) electrons. The Bertz CT molecular complexity index is 506. The monoisotopic (exact) mass is 193 g/mol. The molecule has 0 bridgehead atoms. The molecule has 0 atom stereocenters. The number of nitrogens with zero attached hydrogens (tertiary/aromatic N) is 1. The number of pyridine rings is 1. The van der Waals surface area contributed by atoms with Crippen LogP contribution in [0.15, 0.2) is 18.2 Å². The molecule has 0 amide bonds. The van der Waals surface area contributed by atoms with E-state index < -0.39 is 11.6 Å². The van der Waals surface area contributed by atoms with Crippen LogP contribution in [0.25, 0.3) is 10.9 Å². The second kappa shape index (κ2) is 3.01. The minimum absolute atomic E-state index is 0.0962. The zero-order valence-electron chi connectivity index (χ0n) is 7.94. The van der Waals surface area contributed by atoms with Crippen LogP contribution in [-0.4, -0.2) is 4.98 Å². The summed E-state index contributed by atoms with van der Waals surface area (Å²) in [6.45, 7) is 3.29. The third-order valence-electron chi connectivity index (χ3n) is 2.19. The number of aryl methyl sites for hydroxylation is 2. The Labute approximate surface area is 80.4 Å². The second-order valence-electron chi connectivity index (χ2n) is 3.35. The van der Waals surface area contributed by atoms with Crippen LogP contribution < -0.4 is 0 Å². The average molecular weight is 193 g/mol. The van der Waals surface area contributed by atoms with Crippen LogP contribution in [0.4, 0.5) is 8.78 Å². The molecule has 3 heteroatoms. The molecule has 0 unspecified atom stereocenters. The fraction of sp³-hybridized carbons (Fsp3) is 0.182. The predicted octanol–water partition coefficient (Wildman–Crippen LogP) is 3.13. The first kappa shape index (κ1) is 9.06. The van der Waals surface area contributed by atoms with Gasteiger partial charge in [-0.1, -0.05) is 11.6 Å². The van der Waals surface area contributed by atoms with Crippen LogP contribution in [0.5, 0.6) is 0 Å². The molecule has 0 spiro atoms. The minimum Gasteiger partial charge on any atom is -0.250 e. The lowest BCUT2D eigenvalue weighted by Crippen LogP contribution is -1.95. The highest BCUT2D eigenvalue weighted by Crippen LogP contribution is 2.21. The number of fused-ring (bicyclic) bond motifs is 1. The number of rotatable bonds is 0. The Hall–Kier alpha value is -1.51. The molecule has 1 nitrogen and oxygen atoms in total.